The fraction of sp³-hybridized carbons (Fsp3) is 0.556. The Labute approximate surface area is 148 Å². The number of ether oxygens (including phenoxy) is 1. The van der Waals surface area contributed by atoms with E-state index >= 15 is 0 Å². The van der Waals surface area contributed by atoms with E-state index in [0.29, 0.717) is 24.7 Å². The number of carbonyl (C=O) groups is 2. The van der Waals surface area contributed by atoms with Crippen molar-refractivity contribution in [2.24, 2.45) is 5.92 Å². The van der Waals surface area contributed by atoms with Crippen molar-refractivity contribution in [2.75, 3.05) is 19.7 Å². The molecule has 1 fully saturated rings. The van der Waals surface area contributed by atoms with Crippen LogP contribution in [0.4, 0.5) is 0 Å². The highest BCUT2D eigenvalue weighted by Crippen LogP contribution is 2.16. The molecule has 1 aromatic rings. The second-order valence-electron chi connectivity index (χ2n) is 6.41. The summed E-state index contributed by atoms with van der Waals surface area (Å²) in [4.78, 5) is 25.8. The summed E-state index contributed by atoms with van der Waals surface area (Å²) in [7, 11) is 0. The number of benzene rings is 1. The molecule has 0 aliphatic carbocycles. The van der Waals surface area contributed by atoms with Gasteiger partial charge in [-0.3, -0.25) is 9.59 Å². The van der Waals surface area contributed by atoms with Gasteiger partial charge in [-0.05, 0) is 24.5 Å². The third-order valence-corrected chi connectivity index (χ3v) is 4.48. The van der Waals surface area contributed by atoms with E-state index in [-0.39, 0.29) is 30.4 Å². The van der Waals surface area contributed by atoms with Gasteiger partial charge >= 0.3 is 0 Å². The Morgan fingerprint density at radius 1 is 1.29 bits per heavy atom. The van der Waals surface area contributed by atoms with Crippen molar-refractivity contribution in [2.45, 2.75) is 39.3 Å². The summed E-state index contributed by atoms with van der Waals surface area (Å²) in [6, 6.07) is 7.53. The van der Waals surface area contributed by atoms with E-state index < -0.39 is 0 Å². The van der Waals surface area contributed by atoms with Crippen molar-refractivity contribution in [1.29, 1.82) is 0 Å². The molecule has 132 valence electrons. The van der Waals surface area contributed by atoms with Crippen molar-refractivity contribution >= 4 is 23.4 Å². The van der Waals surface area contributed by atoms with E-state index in [1.54, 1.807) is 6.07 Å². The molecule has 0 aromatic heterocycles. The molecule has 6 heteroatoms. The second kappa shape index (κ2) is 9.04. The molecule has 0 atom stereocenters. The smallest absolute Gasteiger partial charge is 0.246 e. The molecule has 1 aliphatic heterocycles. The number of likely N-dealkylation sites (tertiary alicyclic amines) is 1. The van der Waals surface area contributed by atoms with Gasteiger partial charge in [-0.25, -0.2) is 0 Å². The van der Waals surface area contributed by atoms with Crippen LogP contribution in [0.2, 0.25) is 5.02 Å². The minimum Gasteiger partial charge on any atom is -0.367 e. The number of rotatable bonds is 6. The monoisotopic (exact) mass is 352 g/mol. The molecular formula is C18H25ClN2O3. The summed E-state index contributed by atoms with van der Waals surface area (Å²) in [6.07, 6.45) is 1.57. The molecular weight excluding hydrogens is 328 g/mol. The quantitative estimate of drug-likeness (QED) is 0.856. The lowest BCUT2D eigenvalue weighted by molar-refractivity contribution is -0.135. The zero-order chi connectivity index (χ0) is 17.5. The van der Waals surface area contributed by atoms with Crippen molar-refractivity contribution in [3.05, 3.63) is 34.9 Å². The molecule has 1 aliphatic rings. The average Bonchev–Trinajstić information content (AvgIpc) is 2.56. The van der Waals surface area contributed by atoms with E-state index in [1.165, 1.54) is 0 Å². The minimum absolute atomic E-state index is 0.0103. The number of hydrogen-bond donors (Lipinski definition) is 1. The van der Waals surface area contributed by atoms with Gasteiger partial charge in [0.1, 0.15) is 6.61 Å². The van der Waals surface area contributed by atoms with Crippen LogP contribution in [-0.4, -0.2) is 42.5 Å². The molecule has 24 heavy (non-hydrogen) atoms. The molecule has 5 nitrogen and oxygen atoms in total. The molecule has 1 saturated heterocycles. The molecule has 1 N–H and O–H groups in total. The van der Waals surface area contributed by atoms with Crippen LogP contribution in [0.1, 0.15) is 32.3 Å². The number of amides is 2. The summed E-state index contributed by atoms with van der Waals surface area (Å²) >= 11 is 6.04. The lowest BCUT2D eigenvalue weighted by atomic mass is 10.0. The lowest BCUT2D eigenvalue weighted by Crippen LogP contribution is -2.48. The fourth-order valence-electron chi connectivity index (χ4n) is 2.75. The topological polar surface area (TPSA) is 58.6 Å². The Morgan fingerprint density at radius 3 is 2.58 bits per heavy atom. The SMILES string of the molecule is CC(C)C(=O)N1CCC(NC(=O)COCc2ccccc2Cl)CC1. The Balaban J connectivity index is 1.67. The van der Waals surface area contributed by atoms with E-state index in [9.17, 15) is 9.59 Å². The highest BCUT2D eigenvalue weighted by molar-refractivity contribution is 6.31. The maximum atomic E-state index is 12.0. The fourth-order valence-corrected chi connectivity index (χ4v) is 2.94. The minimum atomic E-state index is -0.129. The van der Waals surface area contributed by atoms with E-state index in [1.807, 2.05) is 36.9 Å². The van der Waals surface area contributed by atoms with Gasteiger partial charge in [-0.15, -0.1) is 0 Å². The maximum Gasteiger partial charge on any atom is 0.246 e. The van der Waals surface area contributed by atoms with Crippen LogP contribution in [0.25, 0.3) is 0 Å². The van der Waals surface area contributed by atoms with Crippen LogP contribution in [0.3, 0.4) is 0 Å². The normalized spacial score (nSPS) is 15.6. The Bertz CT molecular complexity index is 569. The molecule has 2 amide bonds. The van der Waals surface area contributed by atoms with Gasteiger partial charge in [0.05, 0.1) is 6.61 Å². The zero-order valence-electron chi connectivity index (χ0n) is 14.3. The van der Waals surface area contributed by atoms with Crippen LogP contribution in [0, 0.1) is 5.92 Å². The summed E-state index contributed by atoms with van der Waals surface area (Å²) in [5.41, 5.74) is 0.868. The van der Waals surface area contributed by atoms with Gasteiger partial charge in [0.2, 0.25) is 11.8 Å². The average molecular weight is 353 g/mol. The van der Waals surface area contributed by atoms with Crippen LogP contribution >= 0.6 is 11.6 Å². The highest BCUT2D eigenvalue weighted by Gasteiger charge is 2.24. The third kappa shape index (κ3) is 5.49. The van der Waals surface area contributed by atoms with Gasteiger partial charge in [0.25, 0.3) is 0 Å². The van der Waals surface area contributed by atoms with Crippen molar-refractivity contribution in [3.8, 4) is 0 Å². The van der Waals surface area contributed by atoms with Crippen LogP contribution in [0.15, 0.2) is 24.3 Å². The summed E-state index contributed by atoms with van der Waals surface area (Å²) < 4.78 is 5.43. The molecule has 2 rings (SSSR count). The Hall–Kier alpha value is -1.59. The van der Waals surface area contributed by atoms with Crippen molar-refractivity contribution in [1.82, 2.24) is 10.2 Å². The number of nitrogens with zero attached hydrogens (tertiary/aromatic N) is 1. The van der Waals surface area contributed by atoms with Crippen molar-refractivity contribution in [3.63, 3.8) is 0 Å². The Kier molecular flexibility index (Phi) is 7.06. The predicted octanol–water partition coefficient (Wildman–Crippen LogP) is 2.62. The highest BCUT2D eigenvalue weighted by atomic mass is 35.5. The molecule has 1 aromatic carbocycles. The number of carbonyl (C=O) groups excluding carboxylic acids is 2. The second-order valence-corrected chi connectivity index (χ2v) is 6.81. The van der Waals surface area contributed by atoms with Gasteiger partial charge in [0.15, 0.2) is 0 Å². The zero-order valence-corrected chi connectivity index (χ0v) is 15.0. The predicted molar refractivity (Wildman–Crippen MR) is 93.7 cm³/mol. The van der Waals surface area contributed by atoms with Crippen LogP contribution < -0.4 is 5.32 Å². The van der Waals surface area contributed by atoms with Crippen LogP contribution in [0.5, 0.6) is 0 Å². The summed E-state index contributed by atoms with van der Waals surface area (Å²) in [5.74, 6) is 0.0768. The van der Waals surface area contributed by atoms with E-state index in [2.05, 4.69) is 5.32 Å². The number of halogens is 1. The van der Waals surface area contributed by atoms with Gasteiger partial charge in [-0.1, -0.05) is 43.6 Å². The van der Waals surface area contributed by atoms with Gasteiger partial charge < -0.3 is 15.0 Å². The summed E-state index contributed by atoms with van der Waals surface area (Å²) in [5, 5.41) is 3.61. The largest absolute Gasteiger partial charge is 0.367 e. The van der Waals surface area contributed by atoms with Crippen molar-refractivity contribution < 1.29 is 14.3 Å². The molecule has 0 spiro atoms. The first kappa shape index (κ1) is 18.7. The first-order valence-corrected chi connectivity index (χ1v) is 8.74. The first-order chi connectivity index (χ1) is 11.5. The molecule has 0 saturated carbocycles. The molecule has 0 unspecified atom stereocenters. The molecule has 0 bridgehead atoms. The number of nitrogens with one attached hydrogen (secondary N) is 1. The van der Waals surface area contributed by atoms with E-state index in [4.69, 9.17) is 16.3 Å². The molecule has 0 radical (unpaired) electrons. The Morgan fingerprint density at radius 2 is 1.96 bits per heavy atom. The number of hydrogen-bond acceptors (Lipinski definition) is 3. The summed E-state index contributed by atoms with van der Waals surface area (Å²) in [6.45, 7) is 5.54. The van der Waals surface area contributed by atoms with Gasteiger partial charge in [-0.2, -0.15) is 0 Å². The lowest BCUT2D eigenvalue weighted by Gasteiger charge is -2.33. The maximum absolute atomic E-state index is 12.0. The molecule has 1 heterocycles. The van der Waals surface area contributed by atoms with E-state index in [0.717, 1.165) is 18.4 Å². The first-order valence-electron chi connectivity index (χ1n) is 8.36. The van der Waals surface area contributed by atoms with Gasteiger partial charge in [0, 0.05) is 30.1 Å². The third-order valence-electron chi connectivity index (χ3n) is 4.11. The van der Waals surface area contributed by atoms with Crippen LogP contribution in [-0.2, 0) is 20.9 Å². The number of piperidine rings is 1. The standard InChI is InChI=1S/C18H25ClN2O3/c1-13(2)18(23)21-9-7-15(8-10-21)20-17(22)12-24-11-14-5-3-4-6-16(14)19/h3-6,13,15H,7-12H2,1-2H3,(H,20,22).